The van der Waals surface area contributed by atoms with Gasteiger partial charge in [0.05, 0.1) is 5.92 Å². The summed E-state index contributed by atoms with van der Waals surface area (Å²) in [5.41, 5.74) is 4.58. The van der Waals surface area contributed by atoms with Crippen LogP contribution in [0.15, 0.2) is 59.7 Å². The van der Waals surface area contributed by atoms with Crippen LogP contribution in [0.3, 0.4) is 0 Å². The SMILES string of the molecule is O=S(=O)(Cc1nnc(-c2ccc(Cl)cc2)s1)C1=NNC[C@@H]1c1ccccc1. The summed E-state index contributed by atoms with van der Waals surface area (Å²) in [5, 5.41) is 14.1. The Kier molecular flexibility index (Phi) is 4.94. The maximum absolute atomic E-state index is 12.9. The average molecular weight is 419 g/mol. The van der Waals surface area contributed by atoms with E-state index in [0.717, 1.165) is 11.1 Å². The van der Waals surface area contributed by atoms with Gasteiger partial charge < -0.3 is 5.43 Å². The molecule has 0 amide bonds. The first-order valence-corrected chi connectivity index (χ1v) is 11.0. The predicted octanol–water partition coefficient (Wildman–Crippen LogP) is 3.47. The molecule has 0 bridgehead atoms. The second-order valence-electron chi connectivity index (χ2n) is 6.04. The van der Waals surface area contributed by atoms with E-state index in [1.165, 1.54) is 11.3 Å². The molecule has 4 rings (SSSR count). The first-order chi connectivity index (χ1) is 13.0. The van der Waals surface area contributed by atoms with Crippen molar-refractivity contribution in [2.45, 2.75) is 11.7 Å². The van der Waals surface area contributed by atoms with Crippen LogP contribution in [-0.4, -0.2) is 30.2 Å². The first-order valence-electron chi connectivity index (χ1n) is 8.19. The molecule has 2 heterocycles. The summed E-state index contributed by atoms with van der Waals surface area (Å²) in [6, 6.07) is 16.7. The van der Waals surface area contributed by atoms with E-state index in [0.29, 0.717) is 21.6 Å². The summed E-state index contributed by atoms with van der Waals surface area (Å²) < 4.78 is 25.9. The molecular weight excluding hydrogens is 404 g/mol. The third-order valence-electron chi connectivity index (χ3n) is 4.17. The summed E-state index contributed by atoms with van der Waals surface area (Å²) in [6.07, 6.45) is 0. The van der Waals surface area contributed by atoms with Crippen molar-refractivity contribution in [2.24, 2.45) is 5.10 Å². The van der Waals surface area contributed by atoms with Gasteiger partial charge in [-0.25, -0.2) is 8.42 Å². The van der Waals surface area contributed by atoms with Crippen molar-refractivity contribution < 1.29 is 8.42 Å². The van der Waals surface area contributed by atoms with E-state index in [9.17, 15) is 8.42 Å². The fraction of sp³-hybridized carbons (Fsp3) is 0.167. The second kappa shape index (κ2) is 7.38. The highest BCUT2D eigenvalue weighted by Gasteiger charge is 2.34. The van der Waals surface area contributed by atoms with Gasteiger partial charge in [-0.15, -0.1) is 10.2 Å². The number of hydrogen-bond acceptors (Lipinski definition) is 7. The number of nitrogens with one attached hydrogen (secondary N) is 1. The Hall–Kier alpha value is -2.29. The van der Waals surface area contributed by atoms with Gasteiger partial charge in [0.15, 0.2) is 5.04 Å². The van der Waals surface area contributed by atoms with Crippen molar-refractivity contribution >= 4 is 37.8 Å². The highest BCUT2D eigenvalue weighted by molar-refractivity contribution is 8.05. The van der Waals surface area contributed by atoms with Crippen LogP contribution in [0.4, 0.5) is 0 Å². The molecule has 1 aliphatic heterocycles. The van der Waals surface area contributed by atoms with Gasteiger partial charge in [-0.3, -0.25) is 0 Å². The maximum atomic E-state index is 12.9. The molecule has 0 saturated carbocycles. The monoisotopic (exact) mass is 418 g/mol. The summed E-state index contributed by atoms with van der Waals surface area (Å²) in [7, 11) is -3.61. The molecule has 9 heteroatoms. The third kappa shape index (κ3) is 3.87. The average Bonchev–Trinajstić information content (AvgIpc) is 3.33. The number of sulfone groups is 1. The lowest BCUT2D eigenvalue weighted by Crippen LogP contribution is -2.23. The summed E-state index contributed by atoms with van der Waals surface area (Å²) >= 11 is 7.15. The number of halogens is 1. The van der Waals surface area contributed by atoms with Gasteiger partial charge in [0.1, 0.15) is 15.8 Å². The van der Waals surface area contributed by atoms with Crippen LogP contribution in [0.25, 0.3) is 10.6 Å². The lowest BCUT2D eigenvalue weighted by molar-refractivity contribution is 0.605. The zero-order valence-corrected chi connectivity index (χ0v) is 16.4. The van der Waals surface area contributed by atoms with Crippen molar-refractivity contribution in [3.63, 3.8) is 0 Å². The zero-order chi connectivity index (χ0) is 18.9. The summed E-state index contributed by atoms with van der Waals surface area (Å²) in [4.78, 5) is 0. The molecule has 0 spiro atoms. The Labute approximate surface area is 165 Å². The van der Waals surface area contributed by atoms with Crippen molar-refractivity contribution in [2.75, 3.05) is 6.54 Å². The van der Waals surface area contributed by atoms with E-state index < -0.39 is 9.84 Å². The predicted molar refractivity (Wildman–Crippen MR) is 108 cm³/mol. The first kappa shape index (κ1) is 18.1. The Morgan fingerprint density at radius 3 is 2.56 bits per heavy atom. The molecule has 1 aromatic heterocycles. The van der Waals surface area contributed by atoms with Crippen LogP contribution >= 0.6 is 22.9 Å². The van der Waals surface area contributed by atoms with Crippen LogP contribution in [0.5, 0.6) is 0 Å². The molecule has 1 N–H and O–H groups in total. The van der Waals surface area contributed by atoms with Gasteiger partial charge in [0.25, 0.3) is 0 Å². The number of aromatic nitrogens is 2. The molecule has 6 nitrogen and oxygen atoms in total. The van der Waals surface area contributed by atoms with Gasteiger partial charge >= 0.3 is 0 Å². The van der Waals surface area contributed by atoms with E-state index >= 15 is 0 Å². The van der Waals surface area contributed by atoms with E-state index in [1.54, 1.807) is 12.1 Å². The lowest BCUT2D eigenvalue weighted by Gasteiger charge is -2.11. The second-order valence-corrected chi connectivity index (χ2v) is 9.48. The number of hydrazone groups is 1. The van der Waals surface area contributed by atoms with E-state index in [-0.39, 0.29) is 16.7 Å². The molecule has 0 fully saturated rings. The lowest BCUT2D eigenvalue weighted by atomic mass is 10.0. The molecule has 138 valence electrons. The van der Waals surface area contributed by atoms with Crippen LogP contribution in [0, 0.1) is 0 Å². The van der Waals surface area contributed by atoms with Crippen molar-refractivity contribution in [1.29, 1.82) is 0 Å². The Morgan fingerprint density at radius 2 is 1.81 bits per heavy atom. The smallest absolute Gasteiger partial charge is 0.200 e. The number of rotatable bonds is 4. The third-order valence-corrected chi connectivity index (χ3v) is 7.25. The minimum atomic E-state index is -3.61. The van der Waals surface area contributed by atoms with Gasteiger partial charge in [0.2, 0.25) is 9.84 Å². The highest BCUT2D eigenvalue weighted by atomic mass is 35.5. The molecule has 1 atom stereocenters. The van der Waals surface area contributed by atoms with Crippen molar-refractivity contribution in [3.8, 4) is 10.6 Å². The molecule has 27 heavy (non-hydrogen) atoms. The molecule has 3 aromatic rings. The van der Waals surface area contributed by atoms with Crippen LogP contribution in [0.2, 0.25) is 5.02 Å². The number of nitrogens with zero attached hydrogens (tertiary/aromatic N) is 3. The van der Waals surface area contributed by atoms with Gasteiger partial charge in [0, 0.05) is 17.1 Å². The van der Waals surface area contributed by atoms with Crippen molar-refractivity contribution in [3.05, 3.63) is 70.2 Å². The molecule has 1 aliphatic rings. The number of hydrogen-bond donors (Lipinski definition) is 1. The van der Waals surface area contributed by atoms with Gasteiger partial charge in [-0.1, -0.05) is 65.4 Å². The van der Waals surface area contributed by atoms with Crippen LogP contribution in [0.1, 0.15) is 16.5 Å². The number of benzene rings is 2. The fourth-order valence-electron chi connectivity index (χ4n) is 2.87. The molecule has 0 radical (unpaired) electrons. The Bertz CT molecular complexity index is 1080. The quantitative estimate of drug-likeness (QED) is 0.701. The minimum absolute atomic E-state index is 0.150. The van der Waals surface area contributed by atoms with Gasteiger partial charge in [-0.05, 0) is 17.7 Å². The Morgan fingerprint density at radius 1 is 1.07 bits per heavy atom. The van der Waals surface area contributed by atoms with Crippen molar-refractivity contribution in [1.82, 2.24) is 15.6 Å². The standard InChI is InChI=1S/C18H15ClN4O2S2/c19-14-8-6-13(7-9-14)17-22-21-16(26-17)11-27(24,25)18-15(10-20-23-18)12-4-2-1-3-5-12/h1-9,15,20H,10-11H2/t15-/m1/s1. The van der Waals surface area contributed by atoms with E-state index in [4.69, 9.17) is 11.6 Å². The summed E-state index contributed by atoms with van der Waals surface area (Å²) in [6.45, 7) is 0.463. The molecule has 0 saturated heterocycles. The van der Waals surface area contributed by atoms with Gasteiger partial charge in [-0.2, -0.15) is 5.10 Å². The van der Waals surface area contributed by atoms with E-state index in [2.05, 4.69) is 20.7 Å². The zero-order valence-electron chi connectivity index (χ0n) is 14.0. The maximum Gasteiger partial charge on any atom is 0.200 e. The van der Waals surface area contributed by atoms with Crippen LogP contribution < -0.4 is 5.43 Å². The molecular formula is C18H15ClN4O2S2. The minimum Gasteiger partial charge on any atom is -0.308 e. The Balaban J connectivity index is 1.56. The largest absolute Gasteiger partial charge is 0.308 e. The summed E-state index contributed by atoms with van der Waals surface area (Å²) in [5.74, 6) is -0.512. The fourth-order valence-corrected chi connectivity index (χ4v) is 5.72. The van der Waals surface area contributed by atoms with Crippen LogP contribution in [-0.2, 0) is 15.6 Å². The topological polar surface area (TPSA) is 84.3 Å². The normalized spacial score (nSPS) is 16.8. The molecule has 0 aliphatic carbocycles. The van der Waals surface area contributed by atoms with E-state index in [1.807, 2.05) is 42.5 Å². The molecule has 0 unspecified atom stereocenters. The highest BCUT2D eigenvalue weighted by Crippen LogP contribution is 2.28. The molecule has 2 aromatic carbocycles.